The normalized spacial score (nSPS) is 7.07. The molecule has 0 saturated carbocycles. The molecule has 0 aromatic rings. The van der Waals surface area contributed by atoms with Gasteiger partial charge in [0.2, 0.25) is 0 Å². The van der Waals surface area contributed by atoms with Crippen LogP contribution in [-0.4, -0.2) is 5.11 Å². The highest BCUT2D eigenvalue weighted by atomic mass is 16.3. The second-order valence-corrected chi connectivity index (χ2v) is 1.50. The van der Waals surface area contributed by atoms with Crippen LogP contribution in [0, 0.1) is 0 Å². The molecular formula is C14H26O. The van der Waals surface area contributed by atoms with E-state index in [1.165, 1.54) is 18.2 Å². The maximum atomic E-state index is 8.53. The van der Waals surface area contributed by atoms with Gasteiger partial charge >= 0.3 is 0 Å². The lowest BCUT2D eigenvalue weighted by Crippen LogP contribution is -1.66. The molecule has 0 radical (unpaired) electrons. The van der Waals surface area contributed by atoms with Crippen molar-refractivity contribution in [3.05, 3.63) is 62.5 Å². The summed E-state index contributed by atoms with van der Waals surface area (Å²) >= 11 is 0. The van der Waals surface area contributed by atoms with Crippen molar-refractivity contribution in [1.29, 1.82) is 0 Å². The van der Waals surface area contributed by atoms with Crippen LogP contribution in [0.4, 0.5) is 0 Å². The van der Waals surface area contributed by atoms with Gasteiger partial charge in [0.05, 0.1) is 0 Å². The Hall–Kier alpha value is -1.50. The molecular weight excluding hydrogens is 184 g/mol. The van der Waals surface area contributed by atoms with Gasteiger partial charge in [-0.25, -0.2) is 0 Å². The fourth-order valence-electron chi connectivity index (χ4n) is 0.189. The summed E-state index contributed by atoms with van der Waals surface area (Å²) in [6.07, 6.45) is 7.59. The molecule has 0 aliphatic heterocycles. The van der Waals surface area contributed by atoms with Gasteiger partial charge in [-0.3, -0.25) is 0 Å². The van der Waals surface area contributed by atoms with E-state index in [-0.39, 0.29) is 5.76 Å². The third-order valence-electron chi connectivity index (χ3n) is 0.664. The number of aliphatic hydroxyl groups excluding tert-OH is 1. The van der Waals surface area contributed by atoms with Crippen molar-refractivity contribution in [2.75, 3.05) is 0 Å². The molecule has 88 valence electrons. The van der Waals surface area contributed by atoms with Crippen LogP contribution in [0.2, 0.25) is 0 Å². The summed E-state index contributed by atoms with van der Waals surface area (Å²) in [6.45, 7) is 21.4. The Morgan fingerprint density at radius 3 is 1.20 bits per heavy atom. The Morgan fingerprint density at radius 1 is 0.800 bits per heavy atom. The zero-order chi connectivity index (χ0) is 13.1. The molecule has 0 amide bonds. The lowest BCUT2D eigenvalue weighted by Gasteiger charge is -1.80. The van der Waals surface area contributed by atoms with Crippen LogP contribution < -0.4 is 0 Å². The Labute approximate surface area is 95.8 Å². The van der Waals surface area contributed by atoms with E-state index in [0.29, 0.717) is 0 Å². The third-order valence-corrected chi connectivity index (χ3v) is 0.664. The summed E-state index contributed by atoms with van der Waals surface area (Å²) in [6, 6.07) is 0. The lowest BCUT2D eigenvalue weighted by molar-refractivity contribution is 0.433. The Morgan fingerprint density at radius 2 is 1.13 bits per heavy atom. The third kappa shape index (κ3) is 68.1. The van der Waals surface area contributed by atoms with Gasteiger partial charge in [-0.2, -0.15) is 0 Å². The molecule has 0 rings (SSSR count). The summed E-state index contributed by atoms with van der Waals surface area (Å²) < 4.78 is 0. The summed E-state index contributed by atoms with van der Waals surface area (Å²) in [5.74, 6) is 0.148. The Balaban J connectivity index is -0.0000000647. The fraction of sp³-hybridized carbons (Fsp3) is 0.286. The minimum Gasteiger partial charge on any atom is -0.508 e. The summed E-state index contributed by atoms with van der Waals surface area (Å²) in [7, 11) is 0. The lowest BCUT2D eigenvalue weighted by atomic mass is 10.4. The number of allylic oxidation sites excluding steroid dienone is 5. The Kier molecular flexibility index (Phi) is 61.0. The molecule has 1 nitrogen and oxygen atoms in total. The van der Waals surface area contributed by atoms with Gasteiger partial charge in [0.1, 0.15) is 5.76 Å². The molecule has 0 aliphatic carbocycles. The van der Waals surface area contributed by atoms with E-state index in [4.69, 9.17) is 5.11 Å². The highest BCUT2D eigenvalue weighted by Gasteiger charge is 1.72. The fourth-order valence-corrected chi connectivity index (χ4v) is 0.189. The molecule has 0 aliphatic rings. The van der Waals surface area contributed by atoms with Gasteiger partial charge in [-0.1, -0.05) is 72.2 Å². The zero-order valence-electron chi connectivity index (χ0n) is 10.7. The molecule has 0 spiro atoms. The van der Waals surface area contributed by atoms with E-state index in [0.717, 1.165) is 0 Å². The molecule has 0 aromatic heterocycles. The van der Waals surface area contributed by atoms with Gasteiger partial charge in [-0.15, -0.1) is 0 Å². The predicted molar refractivity (Wildman–Crippen MR) is 74.2 cm³/mol. The monoisotopic (exact) mass is 210 g/mol. The van der Waals surface area contributed by atoms with Crippen molar-refractivity contribution in [3.63, 3.8) is 0 Å². The maximum absolute atomic E-state index is 8.53. The summed E-state index contributed by atoms with van der Waals surface area (Å²) in [4.78, 5) is 0. The molecule has 0 heterocycles. The highest BCUT2D eigenvalue weighted by Crippen LogP contribution is 1.85. The average molecular weight is 210 g/mol. The van der Waals surface area contributed by atoms with Crippen LogP contribution >= 0.6 is 0 Å². The van der Waals surface area contributed by atoms with E-state index in [2.05, 4.69) is 26.3 Å². The molecule has 0 fully saturated rings. The van der Waals surface area contributed by atoms with Crippen molar-refractivity contribution < 1.29 is 5.11 Å². The summed E-state index contributed by atoms with van der Waals surface area (Å²) in [5, 5.41) is 8.53. The molecule has 15 heavy (non-hydrogen) atoms. The minimum atomic E-state index is 0.148. The van der Waals surface area contributed by atoms with Gasteiger partial charge < -0.3 is 5.11 Å². The smallest absolute Gasteiger partial charge is 0.114 e. The van der Waals surface area contributed by atoms with Crippen LogP contribution in [0.1, 0.15) is 27.7 Å². The first-order valence-corrected chi connectivity index (χ1v) is 5.10. The summed E-state index contributed by atoms with van der Waals surface area (Å²) in [5.41, 5.74) is 0. The predicted octanol–water partition coefficient (Wildman–Crippen LogP) is 5.21. The molecule has 0 aromatic carbocycles. The standard InChI is InChI=1S/C6H8O.C4H6.2C2H6/c1-3-5-6(7)4-2;1-3-4-2;2*1-2/h3-5,7H,1-2H2;3-4H,1-2H2;2*1-2H3/b6-5+;;;. The number of rotatable bonds is 3. The van der Waals surface area contributed by atoms with Crippen molar-refractivity contribution >= 4 is 0 Å². The van der Waals surface area contributed by atoms with Crippen LogP contribution in [0.3, 0.4) is 0 Å². The number of hydrogen-bond acceptors (Lipinski definition) is 1. The SMILES string of the molecule is C=C/C=C(/O)C=C.C=CC=C.CC.CC. The largest absolute Gasteiger partial charge is 0.508 e. The van der Waals surface area contributed by atoms with Gasteiger partial charge in [-0.05, 0) is 12.2 Å². The second-order valence-electron chi connectivity index (χ2n) is 1.50. The Bertz CT molecular complexity index is 158. The molecule has 0 saturated heterocycles. The van der Waals surface area contributed by atoms with E-state index >= 15 is 0 Å². The van der Waals surface area contributed by atoms with E-state index in [1.54, 1.807) is 12.2 Å². The first-order valence-electron chi connectivity index (χ1n) is 5.10. The first kappa shape index (κ1) is 23.4. The van der Waals surface area contributed by atoms with E-state index < -0.39 is 0 Å². The second kappa shape index (κ2) is 39.1. The van der Waals surface area contributed by atoms with Gasteiger partial charge in [0.25, 0.3) is 0 Å². The zero-order valence-corrected chi connectivity index (χ0v) is 10.7. The molecule has 1 heteroatoms. The van der Waals surface area contributed by atoms with E-state index in [9.17, 15) is 0 Å². The molecule has 0 unspecified atom stereocenters. The van der Waals surface area contributed by atoms with Crippen LogP contribution in [0.15, 0.2) is 62.5 Å². The average Bonchev–Trinajstić information content (AvgIpc) is 2.34. The molecule has 1 N–H and O–H groups in total. The van der Waals surface area contributed by atoms with Gasteiger partial charge in [0.15, 0.2) is 0 Å². The van der Waals surface area contributed by atoms with Crippen molar-refractivity contribution in [2.45, 2.75) is 27.7 Å². The van der Waals surface area contributed by atoms with Crippen molar-refractivity contribution in [1.82, 2.24) is 0 Å². The molecule has 0 atom stereocenters. The van der Waals surface area contributed by atoms with Crippen molar-refractivity contribution in [2.24, 2.45) is 0 Å². The highest BCUT2D eigenvalue weighted by molar-refractivity contribution is 5.12. The number of hydrogen-bond donors (Lipinski definition) is 1. The van der Waals surface area contributed by atoms with Crippen molar-refractivity contribution in [3.8, 4) is 0 Å². The van der Waals surface area contributed by atoms with E-state index in [1.807, 2.05) is 27.7 Å². The van der Waals surface area contributed by atoms with Gasteiger partial charge in [0, 0.05) is 0 Å². The maximum Gasteiger partial charge on any atom is 0.114 e. The topological polar surface area (TPSA) is 20.2 Å². The van der Waals surface area contributed by atoms with Crippen LogP contribution in [0.25, 0.3) is 0 Å². The number of aliphatic hydroxyl groups is 1. The minimum absolute atomic E-state index is 0.148. The van der Waals surface area contributed by atoms with Crippen LogP contribution in [0.5, 0.6) is 0 Å². The molecule has 0 bridgehead atoms. The first-order chi connectivity index (χ1) is 7.22. The quantitative estimate of drug-likeness (QED) is 0.500. The van der Waals surface area contributed by atoms with Crippen LogP contribution in [-0.2, 0) is 0 Å².